The number of amides is 2. The van der Waals surface area contributed by atoms with Gasteiger partial charge < -0.3 is 16.2 Å². The molecule has 0 saturated heterocycles. The molecule has 23 heavy (non-hydrogen) atoms. The Kier molecular flexibility index (Phi) is 5.84. The monoisotopic (exact) mass is 377 g/mol. The van der Waals surface area contributed by atoms with E-state index < -0.39 is 24.0 Å². The zero-order chi connectivity index (χ0) is 16.8. The number of carbonyl (C=O) groups is 2. The number of nitrogens with two attached hydrogens (primary N) is 1. The number of aromatic nitrogens is 1. The summed E-state index contributed by atoms with van der Waals surface area (Å²) in [5, 5.41) is 12.5. The quantitative estimate of drug-likeness (QED) is 0.655. The van der Waals surface area contributed by atoms with Crippen LogP contribution in [0.5, 0.6) is 0 Å². The summed E-state index contributed by atoms with van der Waals surface area (Å²) in [5.41, 5.74) is 6.52. The Labute approximate surface area is 141 Å². The van der Waals surface area contributed by atoms with E-state index in [1.54, 1.807) is 48.7 Å². The predicted molar refractivity (Wildman–Crippen MR) is 88.2 cm³/mol. The van der Waals surface area contributed by atoms with Gasteiger partial charge >= 0.3 is 0 Å². The summed E-state index contributed by atoms with van der Waals surface area (Å²) in [6.45, 7) is 0. The highest BCUT2D eigenvalue weighted by atomic mass is 79.9. The third-order valence-corrected chi connectivity index (χ3v) is 4.00. The van der Waals surface area contributed by atoms with Crippen LogP contribution in [0.4, 0.5) is 0 Å². The Morgan fingerprint density at radius 2 is 1.91 bits per heavy atom. The van der Waals surface area contributed by atoms with Crippen LogP contribution in [-0.4, -0.2) is 27.9 Å². The normalized spacial score (nSPS) is 13.1. The van der Waals surface area contributed by atoms with Gasteiger partial charge in [0.25, 0.3) is 5.91 Å². The lowest BCUT2D eigenvalue weighted by molar-refractivity contribution is -0.133. The lowest BCUT2D eigenvalue weighted by Crippen LogP contribution is -2.47. The minimum Gasteiger partial charge on any atom is -0.378 e. The van der Waals surface area contributed by atoms with Crippen LogP contribution in [0.25, 0.3) is 0 Å². The molecule has 0 radical (unpaired) electrons. The number of aliphatic hydroxyl groups excluding tert-OH is 1. The van der Waals surface area contributed by atoms with Gasteiger partial charge in [-0.05, 0) is 33.1 Å². The molecule has 7 heteroatoms. The molecule has 4 N–H and O–H groups in total. The lowest BCUT2D eigenvalue weighted by atomic mass is 10.1. The number of hydrogen-bond donors (Lipinski definition) is 3. The molecule has 0 saturated carbocycles. The van der Waals surface area contributed by atoms with Gasteiger partial charge in [-0.25, -0.2) is 4.98 Å². The van der Waals surface area contributed by atoms with Crippen molar-refractivity contribution < 1.29 is 14.7 Å². The predicted octanol–water partition coefficient (Wildman–Crippen LogP) is 1.09. The van der Waals surface area contributed by atoms with E-state index in [0.717, 1.165) is 5.56 Å². The molecule has 1 aromatic heterocycles. The van der Waals surface area contributed by atoms with Crippen LogP contribution in [-0.2, 0) is 16.0 Å². The summed E-state index contributed by atoms with van der Waals surface area (Å²) in [6.07, 6.45) is 0.414. The Morgan fingerprint density at radius 1 is 1.22 bits per heavy atom. The standard InChI is InChI=1S/C16H16BrN3O3/c17-14-11(7-4-8-19-14)9-12(15(18)22)20-16(23)13(21)10-5-2-1-3-6-10/h1-8,12-13,21H,9H2,(H2,18,22)(H,20,23)/t12-,13+/m1/s1. The molecule has 2 aromatic rings. The zero-order valence-electron chi connectivity index (χ0n) is 12.1. The fourth-order valence-corrected chi connectivity index (χ4v) is 2.46. The molecule has 2 rings (SSSR count). The van der Waals surface area contributed by atoms with E-state index in [0.29, 0.717) is 10.2 Å². The highest BCUT2D eigenvalue weighted by molar-refractivity contribution is 9.10. The first-order chi connectivity index (χ1) is 11.0. The van der Waals surface area contributed by atoms with Crippen molar-refractivity contribution in [2.45, 2.75) is 18.6 Å². The molecule has 0 unspecified atom stereocenters. The summed E-state index contributed by atoms with van der Waals surface area (Å²) in [6, 6.07) is 11.0. The summed E-state index contributed by atoms with van der Waals surface area (Å²) in [4.78, 5) is 27.8. The van der Waals surface area contributed by atoms with E-state index in [1.165, 1.54) is 0 Å². The van der Waals surface area contributed by atoms with Gasteiger partial charge in [0.05, 0.1) is 0 Å². The molecule has 2 atom stereocenters. The van der Waals surface area contributed by atoms with E-state index in [1.807, 2.05) is 0 Å². The van der Waals surface area contributed by atoms with Gasteiger partial charge in [-0.1, -0.05) is 36.4 Å². The minimum absolute atomic E-state index is 0.178. The van der Waals surface area contributed by atoms with Crippen molar-refractivity contribution in [3.8, 4) is 0 Å². The van der Waals surface area contributed by atoms with Crippen molar-refractivity contribution in [3.63, 3.8) is 0 Å². The molecule has 120 valence electrons. The van der Waals surface area contributed by atoms with E-state index >= 15 is 0 Å². The van der Waals surface area contributed by atoms with E-state index in [9.17, 15) is 14.7 Å². The average Bonchev–Trinajstić information content (AvgIpc) is 2.56. The number of nitrogens with zero attached hydrogens (tertiary/aromatic N) is 1. The Bertz CT molecular complexity index is 694. The Hall–Kier alpha value is -2.25. The Morgan fingerprint density at radius 3 is 2.52 bits per heavy atom. The molecular weight excluding hydrogens is 362 g/mol. The number of halogens is 1. The smallest absolute Gasteiger partial charge is 0.254 e. The second kappa shape index (κ2) is 7.85. The minimum atomic E-state index is -1.37. The highest BCUT2D eigenvalue weighted by Crippen LogP contribution is 2.16. The topological polar surface area (TPSA) is 105 Å². The second-order valence-corrected chi connectivity index (χ2v) is 5.69. The first-order valence-electron chi connectivity index (χ1n) is 6.91. The lowest BCUT2D eigenvalue weighted by Gasteiger charge is -2.18. The largest absolute Gasteiger partial charge is 0.378 e. The molecule has 0 aliphatic heterocycles. The van der Waals surface area contributed by atoms with Crippen molar-refractivity contribution in [1.29, 1.82) is 0 Å². The van der Waals surface area contributed by atoms with E-state index in [2.05, 4.69) is 26.2 Å². The number of aliphatic hydroxyl groups is 1. The summed E-state index contributed by atoms with van der Waals surface area (Å²) in [5.74, 6) is -1.37. The number of benzene rings is 1. The van der Waals surface area contributed by atoms with Crippen LogP contribution in [0.3, 0.4) is 0 Å². The summed E-state index contributed by atoms with van der Waals surface area (Å²) >= 11 is 3.28. The molecule has 2 amide bonds. The summed E-state index contributed by atoms with van der Waals surface area (Å²) < 4.78 is 0.573. The van der Waals surface area contributed by atoms with Crippen LogP contribution in [0.2, 0.25) is 0 Å². The third kappa shape index (κ3) is 4.61. The second-order valence-electron chi connectivity index (χ2n) is 4.93. The van der Waals surface area contributed by atoms with Crippen molar-refractivity contribution in [3.05, 3.63) is 64.4 Å². The van der Waals surface area contributed by atoms with Crippen LogP contribution in [0.15, 0.2) is 53.3 Å². The first-order valence-corrected chi connectivity index (χ1v) is 7.70. The van der Waals surface area contributed by atoms with Gasteiger partial charge in [0.1, 0.15) is 10.6 Å². The van der Waals surface area contributed by atoms with Gasteiger partial charge in [-0.15, -0.1) is 0 Å². The molecule has 0 spiro atoms. The molecule has 0 aliphatic rings. The molecule has 0 bridgehead atoms. The van der Waals surface area contributed by atoms with Crippen LogP contribution in [0, 0.1) is 0 Å². The van der Waals surface area contributed by atoms with Crippen molar-refractivity contribution in [1.82, 2.24) is 10.3 Å². The highest BCUT2D eigenvalue weighted by Gasteiger charge is 2.24. The van der Waals surface area contributed by atoms with E-state index in [4.69, 9.17) is 5.73 Å². The average molecular weight is 378 g/mol. The molecule has 0 aliphatic carbocycles. The first kappa shape index (κ1) is 17.1. The maximum absolute atomic E-state index is 12.1. The van der Waals surface area contributed by atoms with Crippen LogP contribution < -0.4 is 11.1 Å². The number of carbonyl (C=O) groups excluding carboxylic acids is 2. The summed E-state index contributed by atoms with van der Waals surface area (Å²) in [7, 11) is 0. The SMILES string of the molecule is NC(=O)[C@@H](Cc1cccnc1Br)NC(=O)[C@@H](O)c1ccccc1. The van der Waals surface area contributed by atoms with Crippen molar-refractivity contribution >= 4 is 27.7 Å². The number of pyridine rings is 1. The number of primary amides is 1. The number of hydrogen-bond acceptors (Lipinski definition) is 4. The van der Waals surface area contributed by atoms with Gasteiger partial charge in [0.2, 0.25) is 5.91 Å². The van der Waals surface area contributed by atoms with Crippen LogP contribution >= 0.6 is 15.9 Å². The molecule has 1 aromatic carbocycles. The van der Waals surface area contributed by atoms with E-state index in [-0.39, 0.29) is 6.42 Å². The van der Waals surface area contributed by atoms with Crippen molar-refractivity contribution in [2.75, 3.05) is 0 Å². The molecule has 6 nitrogen and oxygen atoms in total. The third-order valence-electron chi connectivity index (χ3n) is 3.28. The van der Waals surface area contributed by atoms with Crippen molar-refractivity contribution in [2.24, 2.45) is 5.73 Å². The number of nitrogens with one attached hydrogen (secondary N) is 1. The van der Waals surface area contributed by atoms with Gasteiger partial charge in [0.15, 0.2) is 6.10 Å². The number of rotatable bonds is 6. The fraction of sp³-hybridized carbons (Fsp3) is 0.188. The molecule has 0 fully saturated rings. The van der Waals surface area contributed by atoms with Gasteiger partial charge in [-0.2, -0.15) is 0 Å². The Balaban J connectivity index is 2.09. The molecular formula is C16H16BrN3O3. The van der Waals surface area contributed by atoms with Gasteiger partial charge in [0, 0.05) is 12.6 Å². The maximum Gasteiger partial charge on any atom is 0.254 e. The van der Waals surface area contributed by atoms with Gasteiger partial charge in [-0.3, -0.25) is 9.59 Å². The molecule has 1 heterocycles. The maximum atomic E-state index is 12.1. The van der Waals surface area contributed by atoms with Crippen LogP contribution in [0.1, 0.15) is 17.2 Å². The zero-order valence-corrected chi connectivity index (χ0v) is 13.7. The fourth-order valence-electron chi connectivity index (χ4n) is 2.05.